The van der Waals surface area contributed by atoms with Crippen molar-refractivity contribution in [2.75, 3.05) is 19.7 Å². The van der Waals surface area contributed by atoms with E-state index < -0.39 is 0 Å². The maximum Gasteiger partial charge on any atom is 0.410 e. The molecule has 3 nitrogen and oxygen atoms in total. The molecule has 0 radical (unpaired) electrons. The summed E-state index contributed by atoms with van der Waals surface area (Å²) in [6.45, 7) is 5.99. The number of rotatable bonds is 7. The van der Waals surface area contributed by atoms with E-state index in [-0.39, 0.29) is 12.7 Å². The van der Waals surface area contributed by atoms with Crippen molar-refractivity contribution in [2.24, 2.45) is 0 Å². The molecule has 0 rings (SSSR count). The average molecular weight is 337 g/mol. The molecule has 0 atom stereocenters. The fraction of sp³-hybridized carbons (Fsp3) is 0.750. The molecule has 0 spiro atoms. The molecule has 0 aromatic heterocycles. The summed E-state index contributed by atoms with van der Waals surface area (Å²) in [5.41, 5.74) is 0. The Labute approximate surface area is 112 Å². The Balaban J connectivity index is 4.01. The van der Waals surface area contributed by atoms with E-state index in [9.17, 15) is 4.79 Å². The lowest BCUT2D eigenvalue weighted by atomic mass is 10.3. The highest BCUT2D eigenvalue weighted by atomic mass is 127. The zero-order chi connectivity index (χ0) is 12.2. The van der Waals surface area contributed by atoms with E-state index in [2.05, 4.69) is 23.7 Å². The summed E-state index contributed by atoms with van der Waals surface area (Å²) in [6.07, 6.45) is 3.99. The summed E-state index contributed by atoms with van der Waals surface area (Å²) >= 11 is 1.93. The minimum atomic E-state index is -0.235. The van der Waals surface area contributed by atoms with Gasteiger partial charge in [0.15, 0.2) is 6.61 Å². The van der Waals surface area contributed by atoms with Crippen LogP contribution in [0.15, 0.2) is 0 Å². The van der Waals surface area contributed by atoms with E-state index in [1.54, 1.807) is 4.90 Å². The zero-order valence-corrected chi connectivity index (χ0v) is 12.2. The number of unbranched alkanes of at least 4 members (excludes halogenated alkanes) is 2. The summed E-state index contributed by atoms with van der Waals surface area (Å²) < 4.78 is 7.72. The number of carbonyl (C=O) groups excluding carboxylic acids is 1. The number of hydrogen-bond donors (Lipinski definition) is 0. The molecule has 0 bridgehead atoms. The van der Waals surface area contributed by atoms with Gasteiger partial charge in [0.2, 0.25) is 0 Å². The molecule has 0 heterocycles. The molecule has 0 N–H and O–H groups in total. The standard InChI is InChI=1S/C12H20INO2/c1-3-5-9-14(10-6-4-2)12(15)16-11-7-8-13/h3-6,9-11H2,1-2H3. The van der Waals surface area contributed by atoms with Gasteiger partial charge in [-0.3, -0.25) is 0 Å². The van der Waals surface area contributed by atoms with E-state index in [4.69, 9.17) is 4.74 Å². The molecular weight excluding hydrogens is 317 g/mol. The number of nitrogens with zero attached hydrogens (tertiary/aromatic N) is 1. The Hall–Kier alpha value is -0.440. The van der Waals surface area contributed by atoms with Gasteiger partial charge < -0.3 is 9.64 Å². The largest absolute Gasteiger partial charge is 0.436 e. The second kappa shape index (κ2) is 11.1. The molecule has 0 aliphatic rings. The lowest BCUT2D eigenvalue weighted by molar-refractivity contribution is 0.113. The van der Waals surface area contributed by atoms with Crippen molar-refractivity contribution in [3.8, 4) is 9.85 Å². The molecule has 0 aliphatic carbocycles. The number of halogens is 1. The third-order valence-corrected chi connectivity index (χ3v) is 2.54. The second-order valence-electron chi connectivity index (χ2n) is 3.52. The number of carbonyl (C=O) groups is 1. The van der Waals surface area contributed by atoms with Gasteiger partial charge in [-0.1, -0.05) is 32.6 Å². The first-order valence-electron chi connectivity index (χ1n) is 5.76. The maximum atomic E-state index is 11.7. The van der Waals surface area contributed by atoms with Gasteiger partial charge in [0, 0.05) is 35.7 Å². The van der Waals surface area contributed by atoms with E-state index >= 15 is 0 Å². The topological polar surface area (TPSA) is 29.5 Å². The molecule has 16 heavy (non-hydrogen) atoms. The molecule has 0 unspecified atom stereocenters. The van der Waals surface area contributed by atoms with E-state index in [1.165, 1.54) is 0 Å². The van der Waals surface area contributed by atoms with Gasteiger partial charge in [0.1, 0.15) is 0 Å². The molecular formula is C12H20INO2. The third-order valence-electron chi connectivity index (χ3n) is 2.16. The minimum absolute atomic E-state index is 0.191. The van der Waals surface area contributed by atoms with Crippen molar-refractivity contribution in [1.82, 2.24) is 4.90 Å². The lowest BCUT2D eigenvalue weighted by Gasteiger charge is -2.21. The van der Waals surface area contributed by atoms with Crippen LogP contribution in [-0.4, -0.2) is 30.7 Å². The van der Waals surface area contributed by atoms with Gasteiger partial charge in [-0.25, -0.2) is 4.79 Å². The Morgan fingerprint density at radius 1 is 1.25 bits per heavy atom. The molecule has 4 heteroatoms. The fourth-order valence-corrected chi connectivity index (χ4v) is 1.36. The third kappa shape index (κ3) is 7.80. The number of hydrogen-bond acceptors (Lipinski definition) is 2. The van der Waals surface area contributed by atoms with Gasteiger partial charge in [-0.2, -0.15) is 0 Å². The quantitative estimate of drug-likeness (QED) is 0.526. The molecule has 0 saturated heterocycles. The van der Waals surface area contributed by atoms with E-state index in [0.29, 0.717) is 0 Å². The van der Waals surface area contributed by atoms with Crippen LogP contribution < -0.4 is 0 Å². The Kier molecular flexibility index (Phi) is 10.8. The van der Waals surface area contributed by atoms with Crippen molar-refractivity contribution in [3.05, 3.63) is 0 Å². The van der Waals surface area contributed by atoms with Crippen LogP contribution in [0.3, 0.4) is 0 Å². The van der Waals surface area contributed by atoms with E-state index in [0.717, 1.165) is 38.8 Å². The molecule has 92 valence electrons. The molecule has 0 aromatic carbocycles. The predicted octanol–water partition coefficient (Wildman–Crippen LogP) is 3.42. The SMILES string of the molecule is CCCCN(CCCC)C(=O)OCC#CI. The Morgan fingerprint density at radius 3 is 2.25 bits per heavy atom. The monoisotopic (exact) mass is 337 g/mol. The summed E-state index contributed by atoms with van der Waals surface area (Å²) in [6, 6.07) is 0. The summed E-state index contributed by atoms with van der Waals surface area (Å²) in [5, 5.41) is 0. The van der Waals surface area contributed by atoms with Crippen LogP contribution in [0, 0.1) is 9.85 Å². The fourth-order valence-electron chi connectivity index (χ4n) is 1.21. The van der Waals surface area contributed by atoms with Gasteiger partial charge >= 0.3 is 6.09 Å². The molecule has 1 amide bonds. The van der Waals surface area contributed by atoms with Crippen LogP contribution in [0.4, 0.5) is 4.79 Å². The summed E-state index contributed by atoms with van der Waals surface area (Å²) in [5.74, 6) is 2.71. The first kappa shape index (κ1) is 15.6. The van der Waals surface area contributed by atoms with Crippen LogP contribution in [-0.2, 0) is 4.74 Å². The first-order valence-corrected chi connectivity index (χ1v) is 6.84. The summed E-state index contributed by atoms with van der Waals surface area (Å²) in [4.78, 5) is 13.4. The Morgan fingerprint density at radius 2 is 1.81 bits per heavy atom. The van der Waals surface area contributed by atoms with Crippen LogP contribution in [0.2, 0.25) is 0 Å². The zero-order valence-electron chi connectivity index (χ0n) is 10.1. The predicted molar refractivity (Wildman–Crippen MR) is 74.5 cm³/mol. The van der Waals surface area contributed by atoms with Crippen LogP contribution in [0.1, 0.15) is 39.5 Å². The maximum absolute atomic E-state index is 11.7. The minimum Gasteiger partial charge on any atom is -0.436 e. The van der Waals surface area contributed by atoms with Crippen molar-refractivity contribution in [2.45, 2.75) is 39.5 Å². The van der Waals surface area contributed by atoms with Crippen LogP contribution in [0.25, 0.3) is 0 Å². The smallest absolute Gasteiger partial charge is 0.410 e. The van der Waals surface area contributed by atoms with Crippen LogP contribution in [0.5, 0.6) is 0 Å². The lowest BCUT2D eigenvalue weighted by Crippen LogP contribution is -2.33. The van der Waals surface area contributed by atoms with Crippen molar-refractivity contribution >= 4 is 28.7 Å². The molecule has 0 saturated carbocycles. The first-order chi connectivity index (χ1) is 7.76. The average Bonchev–Trinajstić information content (AvgIpc) is 2.29. The van der Waals surface area contributed by atoms with Gasteiger partial charge in [-0.05, 0) is 16.8 Å². The Bertz CT molecular complexity index is 237. The normalized spacial score (nSPS) is 9.19. The van der Waals surface area contributed by atoms with Crippen molar-refractivity contribution in [1.29, 1.82) is 0 Å². The van der Waals surface area contributed by atoms with Crippen LogP contribution >= 0.6 is 22.6 Å². The van der Waals surface area contributed by atoms with Crippen molar-refractivity contribution < 1.29 is 9.53 Å². The van der Waals surface area contributed by atoms with Gasteiger partial charge in [0.05, 0.1) is 0 Å². The summed E-state index contributed by atoms with van der Waals surface area (Å²) in [7, 11) is 0. The highest BCUT2D eigenvalue weighted by Gasteiger charge is 2.12. The number of ether oxygens (including phenoxy) is 1. The molecule has 0 aromatic rings. The highest BCUT2D eigenvalue weighted by molar-refractivity contribution is 14.1. The van der Waals surface area contributed by atoms with Gasteiger partial charge in [-0.15, -0.1) is 0 Å². The number of amides is 1. The van der Waals surface area contributed by atoms with E-state index in [1.807, 2.05) is 22.6 Å². The molecule has 0 aliphatic heterocycles. The van der Waals surface area contributed by atoms with Gasteiger partial charge in [0.25, 0.3) is 0 Å². The molecule has 0 fully saturated rings. The second-order valence-corrected chi connectivity index (χ2v) is 4.06. The highest BCUT2D eigenvalue weighted by Crippen LogP contribution is 2.01. The van der Waals surface area contributed by atoms with Crippen molar-refractivity contribution in [3.63, 3.8) is 0 Å².